The normalized spacial score (nSPS) is 14.6. The number of hydrogen-bond acceptors (Lipinski definition) is 8. The molecule has 14 heteroatoms. The van der Waals surface area contributed by atoms with Gasteiger partial charge in [0.25, 0.3) is 11.8 Å². The monoisotopic (exact) mass is 555 g/mol. The molecular weight excluding hydrogens is 534 g/mol. The maximum atomic E-state index is 15.1. The lowest BCUT2D eigenvalue weighted by molar-refractivity contribution is -0.142. The number of nitrogens with zero attached hydrogens (tertiary/aromatic N) is 2. The van der Waals surface area contributed by atoms with Crippen LogP contribution in [0.4, 0.5) is 23.2 Å². The molecule has 0 atom stereocenters. The summed E-state index contributed by atoms with van der Waals surface area (Å²) in [7, 11) is -2.52. The Morgan fingerprint density at radius 1 is 1.16 bits per heavy atom. The second-order valence-corrected chi connectivity index (χ2v) is 10.7. The first-order chi connectivity index (χ1) is 17.7. The molecule has 0 spiro atoms. The summed E-state index contributed by atoms with van der Waals surface area (Å²) >= 11 is 0. The second kappa shape index (κ2) is 9.51. The topological polar surface area (TPSA) is 128 Å². The number of sulfone groups is 1. The van der Waals surface area contributed by atoms with E-state index >= 15 is 4.39 Å². The minimum absolute atomic E-state index is 0.0284. The summed E-state index contributed by atoms with van der Waals surface area (Å²) < 4.78 is 90.1. The fourth-order valence-corrected chi connectivity index (χ4v) is 4.43. The number of carbonyl (C=O) groups excluding carboxylic acids is 1. The lowest BCUT2D eigenvalue weighted by Gasteiger charge is -2.18. The lowest BCUT2D eigenvalue weighted by atomic mass is 10.1. The Hall–Kier alpha value is -3.78. The molecule has 202 valence electrons. The Bertz CT molecular complexity index is 1540. The highest BCUT2D eigenvalue weighted by Gasteiger charge is 2.45. The Balaban J connectivity index is 1.78. The van der Waals surface area contributed by atoms with Gasteiger partial charge in [0.1, 0.15) is 5.56 Å². The predicted molar refractivity (Wildman–Crippen MR) is 125 cm³/mol. The van der Waals surface area contributed by atoms with Crippen LogP contribution < -0.4 is 14.8 Å². The molecule has 1 saturated carbocycles. The van der Waals surface area contributed by atoms with Gasteiger partial charge in [0.2, 0.25) is 0 Å². The van der Waals surface area contributed by atoms with Crippen molar-refractivity contribution >= 4 is 21.4 Å². The third-order valence-electron chi connectivity index (χ3n) is 5.90. The third-order valence-corrected chi connectivity index (χ3v) is 7.01. The van der Waals surface area contributed by atoms with Crippen molar-refractivity contribution in [3.8, 4) is 17.4 Å². The summed E-state index contributed by atoms with van der Waals surface area (Å²) in [5, 5.41) is 19.2. The molecule has 0 radical (unpaired) electrons. The fraction of sp³-hybridized carbons (Fsp3) is 0.292. The van der Waals surface area contributed by atoms with Gasteiger partial charge >= 0.3 is 6.18 Å². The molecule has 38 heavy (non-hydrogen) atoms. The number of carbonyl (C=O) groups is 1. The van der Waals surface area contributed by atoms with Crippen molar-refractivity contribution in [1.82, 2.24) is 10.2 Å². The number of halogens is 4. The average Bonchev–Trinajstić information content (AvgIpc) is 3.56. The Labute approximate surface area is 214 Å². The highest BCUT2D eigenvalue weighted by Crippen LogP contribution is 2.49. The Morgan fingerprint density at radius 3 is 2.42 bits per heavy atom. The number of hydrogen-bond donors (Lipinski definition) is 2. The molecule has 0 unspecified atom stereocenters. The van der Waals surface area contributed by atoms with Crippen LogP contribution in [0.2, 0.25) is 0 Å². The van der Waals surface area contributed by atoms with Crippen molar-refractivity contribution in [3.05, 3.63) is 64.6 Å². The maximum Gasteiger partial charge on any atom is 0.435 e. The molecule has 1 aliphatic rings. The first-order valence-corrected chi connectivity index (χ1v) is 12.9. The van der Waals surface area contributed by atoms with Gasteiger partial charge in [0.05, 0.1) is 17.6 Å². The first-order valence-electron chi connectivity index (χ1n) is 11.0. The van der Waals surface area contributed by atoms with Gasteiger partial charge in [-0.2, -0.15) is 13.2 Å². The summed E-state index contributed by atoms with van der Waals surface area (Å²) in [6.45, 7) is 0.982. The van der Waals surface area contributed by atoms with Gasteiger partial charge in [-0.3, -0.25) is 4.79 Å². The van der Waals surface area contributed by atoms with Crippen molar-refractivity contribution in [2.75, 3.05) is 18.7 Å². The first kappa shape index (κ1) is 27.3. The van der Waals surface area contributed by atoms with E-state index in [1.165, 1.54) is 30.3 Å². The van der Waals surface area contributed by atoms with Crippen molar-refractivity contribution in [2.45, 2.75) is 36.4 Å². The van der Waals surface area contributed by atoms with Crippen LogP contribution >= 0.6 is 0 Å². The van der Waals surface area contributed by atoms with Crippen molar-refractivity contribution in [1.29, 1.82) is 0 Å². The molecule has 2 aromatic carbocycles. The number of ether oxygens (including phenoxy) is 2. The molecule has 1 amide bonds. The molecule has 4 rings (SSSR count). The molecule has 3 aromatic rings. The zero-order valence-corrected chi connectivity index (χ0v) is 21.0. The molecule has 2 N–H and O–H groups in total. The molecule has 1 fully saturated rings. The van der Waals surface area contributed by atoms with Crippen LogP contribution in [0.15, 0.2) is 41.3 Å². The predicted octanol–water partition coefficient (Wildman–Crippen LogP) is 4.38. The lowest BCUT2D eigenvalue weighted by Crippen LogP contribution is -2.21. The van der Waals surface area contributed by atoms with Crippen LogP contribution in [-0.2, 0) is 21.6 Å². The van der Waals surface area contributed by atoms with Crippen molar-refractivity contribution in [2.24, 2.45) is 0 Å². The minimum Gasteiger partial charge on any atom is -0.490 e. The largest absolute Gasteiger partial charge is 0.490 e. The van der Waals surface area contributed by atoms with Crippen molar-refractivity contribution < 1.29 is 45.4 Å². The Kier molecular flexibility index (Phi) is 6.82. The van der Waals surface area contributed by atoms with E-state index < -0.39 is 61.8 Å². The smallest absolute Gasteiger partial charge is 0.435 e. The molecular formula is C24H21F4N3O6S. The number of rotatable bonds is 7. The molecule has 0 aliphatic heterocycles. The van der Waals surface area contributed by atoms with Crippen molar-refractivity contribution in [3.63, 3.8) is 0 Å². The number of anilines is 1. The summed E-state index contributed by atoms with van der Waals surface area (Å²) in [6.07, 6.45) is -3.35. The van der Waals surface area contributed by atoms with Crippen LogP contribution in [0.5, 0.6) is 17.4 Å². The molecule has 0 saturated heterocycles. The molecule has 1 heterocycles. The summed E-state index contributed by atoms with van der Waals surface area (Å²) in [5.74, 6) is -3.55. The van der Waals surface area contributed by atoms with E-state index in [4.69, 9.17) is 9.47 Å². The van der Waals surface area contributed by atoms with E-state index in [0.717, 1.165) is 26.4 Å². The quantitative estimate of drug-likeness (QED) is 0.411. The van der Waals surface area contributed by atoms with E-state index in [0.29, 0.717) is 12.8 Å². The van der Waals surface area contributed by atoms with Gasteiger partial charge in [0.15, 0.2) is 32.8 Å². The van der Waals surface area contributed by atoms with E-state index in [9.17, 15) is 31.5 Å². The summed E-state index contributed by atoms with van der Waals surface area (Å²) in [6, 6.07) is 7.54. The van der Waals surface area contributed by atoms with Crippen LogP contribution in [0.3, 0.4) is 0 Å². The van der Waals surface area contributed by atoms with Crippen LogP contribution in [0, 0.1) is 12.7 Å². The third kappa shape index (κ3) is 5.27. The highest BCUT2D eigenvalue weighted by atomic mass is 32.2. The summed E-state index contributed by atoms with van der Waals surface area (Å²) in [4.78, 5) is 13.1. The van der Waals surface area contributed by atoms with Crippen LogP contribution in [-0.4, -0.2) is 43.0 Å². The van der Waals surface area contributed by atoms with Gasteiger partial charge in [-0.25, -0.2) is 12.8 Å². The number of alkyl halides is 3. The fourth-order valence-electron chi connectivity index (χ4n) is 3.77. The SMILES string of the molecule is COc1c(Oc2nnc(C(F)(F)F)c(C)c2C(=O)Nc2cccc(S(C)(=O)=O)c2)ccc(C2(O)CC2)c1F. The second-order valence-electron chi connectivity index (χ2n) is 8.70. The minimum atomic E-state index is -4.97. The zero-order valence-electron chi connectivity index (χ0n) is 20.2. The number of aromatic nitrogens is 2. The van der Waals surface area contributed by atoms with Gasteiger partial charge in [-0.1, -0.05) is 6.07 Å². The van der Waals surface area contributed by atoms with E-state index in [2.05, 4.69) is 15.5 Å². The van der Waals surface area contributed by atoms with Gasteiger partial charge in [0, 0.05) is 17.5 Å². The molecule has 9 nitrogen and oxygen atoms in total. The van der Waals surface area contributed by atoms with Gasteiger partial charge < -0.3 is 19.9 Å². The molecule has 1 aromatic heterocycles. The zero-order chi connectivity index (χ0) is 28.0. The number of amides is 1. The average molecular weight is 556 g/mol. The van der Waals surface area contributed by atoms with E-state index in [1.807, 2.05) is 0 Å². The summed E-state index contributed by atoms with van der Waals surface area (Å²) in [5.41, 5.74) is -4.19. The molecule has 0 bridgehead atoms. The number of nitrogens with one attached hydrogen (secondary N) is 1. The number of methoxy groups -OCH3 is 1. The highest BCUT2D eigenvalue weighted by molar-refractivity contribution is 7.90. The van der Waals surface area contributed by atoms with E-state index in [1.54, 1.807) is 0 Å². The number of aliphatic hydroxyl groups is 1. The maximum absolute atomic E-state index is 15.1. The number of benzene rings is 2. The van der Waals surface area contributed by atoms with E-state index in [-0.39, 0.29) is 21.9 Å². The van der Waals surface area contributed by atoms with Crippen LogP contribution in [0.25, 0.3) is 0 Å². The van der Waals surface area contributed by atoms with Crippen LogP contribution in [0.1, 0.15) is 40.0 Å². The van der Waals surface area contributed by atoms with Gasteiger partial charge in [-0.05, 0) is 55.7 Å². The standard InChI is InChI=1S/C24H21F4N3O6S/c1-12-17(21(32)29-13-5-4-6-14(11-13)38(3,34)35)22(31-30-20(12)24(26,27)28)37-16-8-7-15(23(33)9-10-23)18(25)19(16)36-2/h4-8,11,33H,9-10H2,1-3H3,(H,29,32). The molecule has 1 aliphatic carbocycles. The van der Waals surface area contributed by atoms with Gasteiger partial charge in [-0.15, -0.1) is 10.2 Å². The Morgan fingerprint density at radius 2 is 1.84 bits per heavy atom.